The van der Waals surface area contributed by atoms with Crippen LogP contribution in [-0.4, -0.2) is 26.2 Å². The highest BCUT2D eigenvalue weighted by atomic mass is 16.5. The van der Waals surface area contributed by atoms with Crippen molar-refractivity contribution in [2.75, 3.05) is 20.2 Å². The maximum absolute atomic E-state index is 10.1. The van der Waals surface area contributed by atoms with Crippen molar-refractivity contribution < 1.29 is 9.53 Å². The summed E-state index contributed by atoms with van der Waals surface area (Å²) in [5, 5.41) is 3.07. The van der Waals surface area contributed by atoms with E-state index in [1.54, 1.807) is 6.92 Å². The summed E-state index contributed by atoms with van der Waals surface area (Å²) in [5.74, 6) is -0.359. The van der Waals surface area contributed by atoms with E-state index >= 15 is 0 Å². The molecular formula is C10H21NO2. The second kappa shape index (κ2) is 13.7. The van der Waals surface area contributed by atoms with Crippen molar-refractivity contribution in [2.45, 2.75) is 26.7 Å². The van der Waals surface area contributed by atoms with Gasteiger partial charge in [-0.2, -0.15) is 0 Å². The molecule has 0 fully saturated rings. The maximum atomic E-state index is 10.1. The van der Waals surface area contributed by atoms with Gasteiger partial charge < -0.3 is 10.1 Å². The minimum atomic E-state index is -0.359. The first-order valence-corrected chi connectivity index (χ1v) is 4.66. The molecule has 0 aliphatic heterocycles. The van der Waals surface area contributed by atoms with Crippen LogP contribution in [0.25, 0.3) is 0 Å². The van der Waals surface area contributed by atoms with E-state index in [1.807, 2.05) is 7.05 Å². The molecule has 0 saturated carbocycles. The average molecular weight is 187 g/mol. The minimum Gasteiger partial charge on any atom is -0.463 e. The average Bonchev–Trinajstić information content (AvgIpc) is 2.16. The van der Waals surface area contributed by atoms with E-state index in [9.17, 15) is 4.79 Å². The maximum Gasteiger partial charge on any atom is 0.330 e. The van der Waals surface area contributed by atoms with Crippen LogP contribution in [0.2, 0.25) is 0 Å². The van der Waals surface area contributed by atoms with Gasteiger partial charge in [0.2, 0.25) is 0 Å². The third-order valence-corrected chi connectivity index (χ3v) is 1.23. The van der Waals surface area contributed by atoms with Gasteiger partial charge in [0.1, 0.15) is 0 Å². The molecule has 0 rings (SSSR count). The Labute approximate surface area is 81.2 Å². The van der Waals surface area contributed by atoms with Crippen LogP contribution in [0.1, 0.15) is 26.7 Å². The first-order chi connectivity index (χ1) is 6.22. The largest absolute Gasteiger partial charge is 0.463 e. The molecular weight excluding hydrogens is 166 g/mol. The molecule has 3 heteroatoms. The number of ether oxygens (including phenoxy) is 1. The lowest BCUT2D eigenvalue weighted by Crippen LogP contribution is -2.06. The van der Waals surface area contributed by atoms with Gasteiger partial charge >= 0.3 is 5.97 Å². The number of nitrogens with one attached hydrogen (secondary N) is 1. The van der Waals surface area contributed by atoms with Crippen LogP contribution in [0.5, 0.6) is 0 Å². The zero-order valence-corrected chi connectivity index (χ0v) is 8.93. The quantitative estimate of drug-likeness (QED) is 0.405. The summed E-state index contributed by atoms with van der Waals surface area (Å²) in [6.45, 7) is 8.73. The lowest BCUT2D eigenvalue weighted by Gasteiger charge is -1.90. The summed E-state index contributed by atoms with van der Waals surface area (Å²) in [4.78, 5) is 10.1. The van der Waals surface area contributed by atoms with Crippen molar-refractivity contribution in [3.63, 3.8) is 0 Å². The summed E-state index contributed by atoms with van der Waals surface area (Å²) in [7, 11) is 1.98. The SMILES string of the molecule is C=CC(=O)OCC.CCCCNC. The van der Waals surface area contributed by atoms with Crippen molar-refractivity contribution in [1.29, 1.82) is 0 Å². The van der Waals surface area contributed by atoms with E-state index in [0.29, 0.717) is 6.61 Å². The van der Waals surface area contributed by atoms with Gasteiger partial charge in [0, 0.05) is 6.08 Å². The number of hydrogen-bond acceptors (Lipinski definition) is 3. The van der Waals surface area contributed by atoms with E-state index in [1.165, 1.54) is 12.8 Å². The molecule has 3 nitrogen and oxygen atoms in total. The van der Waals surface area contributed by atoms with E-state index in [4.69, 9.17) is 0 Å². The first-order valence-electron chi connectivity index (χ1n) is 4.66. The third kappa shape index (κ3) is 18.3. The number of carbonyl (C=O) groups excluding carboxylic acids is 1. The molecule has 0 heterocycles. The zero-order valence-electron chi connectivity index (χ0n) is 8.93. The van der Waals surface area contributed by atoms with Crippen molar-refractivity contribution in [3.05, 3.63) is 12.7 Å². The number of esters is 1. The molecule has 0 aliphatic carbocycles. The second-order valence-electron chi connectivity index (χ2n) is 2.41. The Morgan fingerprint density at radius 1 is 1.54 bits per heavy atom. The summed E-state index contributed by atoms with van der Waals surface area (Å²) in [6.07, 6.45) is 3.74. The molecule has 0 saturated heterocycles. The smallest absolute Gasteiger partial charge is 0.330 e. The fourth-order valence-electron chi connectivity index (χ4n) is 0.555. The highest BCUT2D eigenvalue weighted by Crippen LogP contribution is 1.79. The second-order valence-corrected chi connectivity index (χ2v) is 2.41. The number of unbranched alkanes of at least 4 members (excludes halogenated alkanes) is 1. The van der Waals surface area contributed by atoms with Gasteiger partial charge in [-0.15, -0.1) is 0 Å². The molecule has 0 radical (unpaired) electrons. The number of rotatable bonds is 5. The molecule has 0 atom stereocenters. The van der Waals surface area contributed by atoms with E-state index in [0.717, 1.165) is 12.6 Å². The lowest BCUT2D eigenvalue weighted by molar-refractivity contribution is -0.137. The molecule has 0 aliphatic rings. The Kier molecular flexibility index (Phi) is 15.5. The molecule has 0 unspecified atom stereocenters. The minimum absolute atomic E-state index is 0.359. The fraction of sp³-hybridized carbons (Fsp3) is 0.700. The van der Waals surface area contributed by atoms with Gasteiger partial charge in [-0.25, -0.2) is 4.79 Å². The van der Waals surface area contributed by atoms with Crippen molar-refractivity contribution >= 4 is 5.97 Å². The predicted molar refractivity (Wildman–Crippen MR) is 55.7 cm³/mol. The standard InChI is InChI=1S/C5H13N.C5H8O2/c1-3-4-5-6-2;1-3-5(6)7-4-2/h6H,3-5H2,1-2H3;3H,1,4H2,2H3. The monoisotopic (exact) mass is 187 g/mol. The van der Waals surface area contributed by atoms with Gasteiger partial charge in [0.25, 0.3) is 0 Å². The van der Waals surface area contributed by atoms with Crippen LogP contribution in [-0.2, 0) is 9.53 Å². The fourth-order valence-corrected chi connectivity index (χ4v) is 0.555. The molecule has 0 aromatic heterocycles. The molecule has 0 aromatic rings. The molecule has 0 amide bonds. The van der Waals surface area contributed by atoms with Gasteiger partial charge in [0.05, 0.1) is 6.61 Å². The predicted octanol–water partition coefficient (Wildman–Crippen LogP) is 1.74. The molecule has 78 valence electrons. The molecule has 0 bridgehead atoms. The van der Waals surface area contributed by atoms with Gasteiger partial charge in [-0.3, -0.25) is 0 Å². The van der Waals surface area contributed by atoms with Gasteiger partial charge in [-0.05, 0) is 26.9 Å². The van der Waals surface area contributed by atoms with Crippen LogP contribution in [0.15, 0.2) is 12.7 Å². The first kappa shape index (κ1) is 14.7. The van der Waals surface area contributed by atoms with Crippen LogP contribution < -0.4 is 5.32 Å². The lowest BCUT2D eigenvalue weighted by atomic mass is 10.3. The van der Waals surface area contributed by atoms with E-state index in [2.05, 4.69) is 23.6 Å². The Balaban J connectivity index is 0. The van der Waals surface area contributed by atoms with E-state index in [-0.39, 0.29) is 5.97 Å². The molecule has 0 aromatic carbocycles. The summed E-state index contributed by atoms with van der Waals surface area (Å²) < 4.78 is 4.43. The summed E-state index contributed by atoms with van der Waals surface area (Å²) in [6, 6.07) is 0. The van der Waals surface area contributed by atoms with Crippen LogP contribution >= 0.6 is 0 Å². The number of carbonyl (C=O) groups is 1. The van der Waals surface area contributed by atoms with Crippen molar-refractivity contribution in [1.82, 2.24) is 5.32 Å². The topological polar surface area (TPSA) is 38.3 Å². The number of hydrogen-bond donors (Lipinski definition) is 1. The van der Waals surface area contributed by atoms with Crippen molar-refractivity contribution in [2.24, 2.45) is 0 Å². The van der Waals surface area contributed by atoms with E-state index < -0.39 is 0 Å². The Morgan fingerprint density at radius 2 is 2.15 bits per heavy atom. The molecule has 13 heavy (non-hydrogen) atoms. The Bertz CT molecular complexity index is 120. The Hall–Kier alpha value is -0.830. The Morgan fingerprint density at radius 3 is 2.31 bits per heavy atom. The summed E-state index contributed by atoms with van der Waals surface area (Å²) >= 11 is 0. The van der Waals surface area contributed by atoms with Crippen molar-refractivity contribution in [3.8, 4) is 0 Å². The zero-order chi connectivity index (χ0) is 10.5. The highest BCUT2D eigenvalue weighted by molar-refractivity contribution is 5.81. The van der Waals surface area contributed by atoms with Crippen LogP contribution in [0.3, 0.4) is 0 Å². The third-order valence-electron chi connectivity index (χ3n) is 1.23. The molecule has 1 N–H and O–H groups in total. The van der Waals surface area contributed by atoms with Gasteiger partial charge in [-0.1, -0.05) is 19.9 Å². The molecule has 0 spiro atoms. The van der Waals surface area contributed by atoms with Crippen LogP contribution in [0.4, 0.5) is 0 Å². The van der Waals surface area contributed by atoms with Gasteiger partial charge in [0.15, 0.2) is 0 Å². The summed E-state index contributed by atoms with van der Waals surface area (Å²) in [5.41, 5.74) is 0. The normalized spacial score (nSPS) is 8.23. The highest BCUT2D eigenvalue weighted by Gasteiger charge is 1.86. The van der Waals surface area contributed by atoms with Crippen LogP contribution in [0, 0.1) is 0 Å².